The van der Waals surface area contributed by atoms with Crippen molar-refractivity contribution in [2.45, 2.75) is 43.9 Å². The third-order valence-corrected chi connectivity index (χ3v) is 18.3. The van der Waals surface area contributed by atoms with Crippen LogP contribution >= 0.6 is 0 Å². The van der Waals surface area contributed by atoms with Crippen LogP contribution in [0.3, 0.4) is 0 Å². The molecule has 0 N–H and O–H groups in total. The lowest BCUT2D eigenvalue weighted by Gasteiger charge is -2.39. The number of nitrogens with zero attached hydrogens (tertiary/aromatic N) is 2. The number of benzene rings is 11. The van der Waals surface area contributed by atoms with Crippen LogP contribution < -0.4 is 9.80 Å². The van der Waals surface area contributed by atoms with Crippen molar-refractivity contribution in [3.05, 3.63) is 336 Å². The molecule has 0 unspecified atom stereocenters. The zero-order valence-corrected chi connectivity index (χ0v) is 46.2. The Kier molecular flexibility index (Phi) is 11.0. The lowest BCUT2D eigenvalue weighted by Crippen LogP contribution is -2.31. The molecule has 0 bridgehead atoms. The van der Waals surface area contributed by atoms with E-state index in [0.29, 0.717) is 0 Å². The summed E-state index contributed by atoms with van der Waals surface area (Å²) in [6.07, 6.45) is 8.31. The Bertz CT molecular complexity index is 4390. The molecule has 2 nitrogen and oxygen atoms in total. The number of hydrogen-bond donors (Lipinski definition) is 0. The molecule has 2 heteroatoms. The van der Waals surface area contributed by atoms with Crippen LogP contribution in [0, 0.1) is 0 Å². The normalized spacial score (nSPS) is 14.8. The predicted octanol–water partition coefficient (Wildman–Crippen LogP) is 20.7. The largest absolute Gasteiger partial charge is 0.310 e. The SMILES string of the molecule is C=C/C=C\C=C(/c1ccccc1)N(c1ccc2c(c1)C(C)(C)c1ccccc1-2)c1cccc2c1C1(c3ccccc3-c3ccccc31)c1c-2cccc1N(c1ccc2c(c1)C(C)(C)c1ccccc1-2)c1ccccc1-c1ccccc1. The monoisotopic (exact) mass is 1040 g/mol. The van der Waals surface area contributed by atoms with E-state index in [9.17, 15) is 0 Å². The average molecular weight is 1040 g/mol. The molecule has 4 aliphatic rings. The number of para-hydroxylation sites is 1. The highest BCUT2D eigenvalue weighted by Gasteiger charge is 2.55. The van der Waals surface area contributed by atoms with Gasteiger partial charge in [-0.05, 0) is 138 Å². The highest BCUT2D eigenvalue weighted by Crippen LogP contribution is 2.68. The third-order valence-electron chi connectivity index (χ3n) is 18.3. The molecule has 0 aliphatic heterocycles. The zero-order valence-electron chi connectivity index (χ0n) is 46.2. The Balaban J connectivity index is 1.06. The quantitative estimate of drug-likeness (QED) is 0.126. The van der Waals surface area contributed by atoms with E-state index < -0.39 is 5.41 Å². The summed E-state index contributed by atoms with van der Waals surface area (Å²) in [7, 11) is 0. The second-order valence-corrected chi connectivity index (χ2v) is 23.1. The first-order chi connectivity index (χ1) is 39.7. The smallest absolute Gasteiger partial charge is 0.0766 e. The van der Waals surface area contributed by atoms with E-state index in [0.717, 1.165) is 45.3 Å². The Labute approximate surface area is 476 Å². The molecule has 0 saturated heterocycles. The highest BCUT2D eigenvalue weighted by atomic mass is 15.2. The maximum atomic E-state index is 4.12. The molecule has 11 aromatic rings. The van der Waals surface area contributed by atoms with Gasteiger partial charge in [0.05, 0.1) is 28.2 Å². The van der Waals surface area contributed by atoms with Crippen molar-refractivity contribution < 1.29 is 0 Å². The van der Waals surface area contributed by atoms with Crippen LogP contribution in [-0.2, 0) is 16.2 Å². The van der Waals surface area contributed by atoms with E-state index in [1.54, 1.807) is 0 Å². The molecule has 0 saturated carbocycles. The van der Waals surface area contributed by atoms with Crippen LogP contribution in [0.15, 0.2) is 286 Å². The van der Waals surface area contributed by atoms with Gasteiger partial charge in [-0.3, -0.25) is 0 Å². The highest BCUT2D eigenvalue weighted by molar-refractivity contribution is 6.05. The van der Waals surface area contributed by atoms with Crippen LogP contribution in [0.4, 0.5) is 28.4 Å². The molecule has 15 rings (SSSR count). The minimum absolute atomic E-state index is 0.218. The Hall–Kier alpha value is -9.76. The Morgan fingerprint density at radius 2 is 0.765 bits per heavy atom. The van der Waals surface area contributed by atoms with Crippen molar-refractivity contribution in [3.8, 4) is 55.6 Å². The van der Waals surface area contributed by atoms with E-state index in [1.165, 1.54) is 94.6 Å². The molecule has 0 fully saturated rings. The summed E-state index contributed by atoms with van der Waals surface area (Å²) in [4.78, 5) is 5.17. The van der Waals surface area contributed by atoms with Gasteiger partial charge in [-0.2, -0.15) is 0 Å². The first kappa shape index (κ1) is 48.4. The van der Waals surface area contributed by atoms with E-state index in [1.807, 2.05) is 12.2 Å². The van der Waals surface area contributed by atoms with Gasteiger partial charge < -0.3 is 9.80 Å². The topological polar surface area (TPSA) is 6.48 Å². The van der Waals surface area contributed by atoms with Gasteiger partial charge in [0.25, 0.3) is 0 Å². The maximum absolute atomic E-state index is 4.12. The minimum atomic E-state index is -0.805. The van der Waals surface area contributed by atoms with E-state index >= 15 is 0 Å². The van der Waals surface area contributed by atoms with E-state index in [-0.39, 0.29) is 10.8 Å². The van der Waals surface area contributed by atoms with Crippen molar-refractivity contribution in [1.82, 2.24) is 0 Å². The predicted molar refractivity (Wildman–Crippen MR) is 340 cm³/mol. The van der Waals surface area contributed by atoms with Gasteiger partial charge in [0.1, 0.15) is 0 Å². The van der Waals surface area contributed by atoms with E-state index in [2.05, 4.69) is 311 Å². The summed E-state index contributed by atoms with van der Waals surface area (Å²) in [6, 6.07) is 95.9. The first-order valence-corrected chi connectivity index (χ1v) is 28.5. The fourth-order valence-corrected chi connectivity index (χ4v) is 14.7. The van der Waals surface area contributed by atoms with Gasteiger partial charge in [-0.25, -0.2) is 0 Å². The number of allylic oxidation sites excluding steroid dienone is 4. The minimum Gasteiger partial charge on any atom is -0.310 e. The van der Waals surface area contributed by atoms with Crippen LogP contribution in [-0.4, -0.2) is 0 Å². The molecule has 4 aliphatic carbocycles. The van der Waals surface area contributed by atoms with Gasteiger partial charge in [0.2, 0.25) is 0 Å². The second kappa shape index (κ2) is 18.4. The van der Waals surface area contributed by atoms with Crippen LogP contribution in [0.2, 0.25) is 0 Å². The fraction of sp³-hybridized carbons (Fsp3) is 0.0886. The summed E-state index contributed by atoms with van der Waals surface area (Å²) in [5, 5.41) is 0. The summed E-state index contributed by atoms with van der Waals surface area (Å²) < 4.78 is 0. The van der Waals surface area contributed by atoms with Crippen molar-refractivity contribution >= 4 is 34.1 Å². The molecule has 81 heavy (non-hydrogen) atoms. The van der Waals surface area contributed by atoms with Crippen molar-refractivity contribution in [1.29, 1.82) is 0 Å². The van der Waals surface area contributed by atoms with Crippen LogP contribution in [0.25, 0.3) is 61.3 Å². The van der Waals surface area contributed by atoms with Crippen molar-refractivity contribution in [2.75, 3.05) is 9.80 Å². The standard InChI is InChI=1S/C79H60N2/c1-6-7-10-42-71(53-29-13-9-14-30-53)80(54-46-48-61-57-32-15-20-38-65(57)77(2,3)69(61)50-54)73-44-25-36-63-64-37-26-45-74(76(64)79(75(63)73)67-40-22-17-34-59(67)60-35-18-23-41-68(60)79)81(72-43-24-19-31-56(72)52-27-11-8-12-28-52)55-47-49-62-58-33-16-21-39-66(58)78(4,5)70(62)51-55/h6-51H,1H2,2-5H3/b10-7-,71-42+. The lowest BCUT2D eigenvalue weighted by molar-refractivity contribution is 0.660. The third kappa shape index (κ3) is 7.00. The van der Waals surface area contributed by atoms with Gasteiger partial charge in [-0.15, -0.1) is 0 Å². The first-order valence-electron chi connectivity index (χ1n) is 28.5. The number of hydrogen-bond acceptors (Lipinski definition) is 2. The number of fused-ring (bicyclic) bond motifs is 16. The van der Waals surface area contributed by atoms with Gasteiger partial charge >= 0.3 is 0 Å². The van der Waals surface area contributed by atoms with Gasteiger partial charge in [-0.1, -0.05) is 265 Å². The lowest BCUT2D eigenvalue weighted by atomic mass is 9.69. The molecule has 11 aromatic carbocycles. The summed E-state index contributed by atoms with van der Waals surface area (Å²) >= 11 is 0. The van der Waals surface area contributed by atoms with Gasteiger partial charge in [0.15, 0.2) is 0 Å². The summed E-state index contributed by atoms with van der Waals surface area (Å²) in [6.45, 7) is 13.7. The number of rotatable bonds is 10. The molecule has 0 radical (unpaired) electrons. The maximum Gasteiger partial charge on any atom is 0.0766 e. The van der Waals surface area contributed by atoms with Crippen LogP contribution in [0.5, 0.6) is 0 Å². The van der Waals surface area contributed by atoms with Gasteiger partial charge in [0, 0.05) is 38.9 Å². The molecular weight excluding hydrogens is 977 g/mol. The summed E-state index contributed by atoms with van der Waals surface area (Å²) in [5.74, 6) is 0. The molecule has 1 spiro atoms. The molecular formula is C79H60N2. The zero-order chi connectivity index (χ0) is 54.6. The molecule has 0 aromatic heterocycles. The molecule has 0 heterocycles. The Morgan fingerprint density at radius 1 is 0.346 bits per heavy atom. The second-order valence-electron chi connectivity index (χ2n) is 23.1. The Morgan fingerprint density at radius 3 is 1.35 bits per heavy atom. The average Bonchev–Trinajstić information content (AvgIpc) is 2.52. The fourth-order valence-electron chi connectivity index (χ4n) is 14.7. The van der Waals surface area contributed by atoms with E-state index in [4.69, 9.17) is 0 Å². The van der Waals surface area contributed by atoms with Crippen molar-refractivity contribution in [2.24, 2.45) is 0 Å². The molecule has 0 amide bonds. The van der Waals surface area contributed by atoms with Crippen LogP contribution in [0.1, 0.15) is 77.8 Å². The molecule has 0 atom stereocenters. The molecule has 386 valence electrons. The van der Waals surface area contributed by atoms with Crippen molar-refractivity contribution in [3.63, 3.8) is 0 Å². The summed E-state index contributed by atoms with van der Waals surface area (Å²) in [5.41, 5.74) is 29.4. The number of anilines is 5.